The Morgan fingerprint density at radius 2 is 1.74 bits per heavy atom. The molecule has 5 aromatic rings. The van der Waals surface area contributed by atoms with E-state index in [2.05, 4.69) is 26.0 Å². The van der Waals surface area contributed by atoms with Crippen LogP contribution in [0.25, 0.3) is 33.7 Å². The first-order chi connectivity index (χ1) is 15.0. The second-order valence-corrected chi connectivity index (χ2v) is 8.81. The Morgan fingerprint density at radius 3 is 2.42 bits per heavy atom. The van der Waals surface area contributed by atoms with Gasteiger partial charge in [0.15, 0.2) is 11.6 Å². The molecule has 152 valence electrons. The van der Waals surface area contributed by atoms with Crippen molar-refractivity contribution in [3.63, 3.8) is 0 Å². The molecule has 0 bridgehead atoms. The Hall–Kier alpha value is -3.36. The molecule has 8 heteroatoms. The van der Waals surface area contributed by atoms with E-state index in [0.717, 1.165) is 15.6 Å². The lowest BCUT2D eigenvalue weighted by atomic mass is 10.1. The van der Waals surface area contributed by atoms with Gasteiger partial charge in [0.1, 0.15) is 16.1 Å². The summed E-state index contributed by atoms with van der Waals surface area (Å²) in [4.78, 5) is 29.2. The van der Waals surface area contributed by atoms with E-state index in [4.69, 9.17) is 4.42 Å². The van der Waals surface area contributed by atoms with Gasteiger partial charge in [0.25, 0.3) is 5.56 Å². The summed E-state index contributed by atoms with van der Waals surface area (Å²) in [5.41, 5.74) is 2.11. The van der Waals surface area contributed by atoms with Gasteiger partial charge in [0, 0.05) is 27.2 Å². The summed E-state index contributed by atoms with van der Waals surface area (Å²) < 4.78 is 8.65. The second-order valence-electron chi connectivity index (χ2n) is 6.89. The molecule has 0 unspecified atom stereocenters. The number of halogens is 1. The van der Waals surface area contributed by atoms with Gasteiger partial charge in [0.05, 0.1) is 0 Å². The normalized spacial score (nSPS) is 12.0. The molecule has 3 aromatic heterocycles. The van der Waals surface area contributed by atoms with Crippen LogP contribution in [0.3, 0.4) is 0 Å². The quantitative estimate of drug-likeness (QED) is 0.343. The molecular formula is C23H14BrN3O3S. The number of benzene rings is 2. The van der Waals surface area contributed by atoms with Crippen molar-refractivity contribution in [2.45, 2.75) is 6.92 Å². The number of ketones is 1. The van der Waals surface area contributed by atoms with E-state index < -0.39 is 0 Å². The molecule has 0 atom stereocenters. The summed E-state index contributed by atoms with van der Waals surface area (Å²) >= 11 is 4.66. The number of hydrogen-bond acceptors (Lipinski definition) is 6. The average molecular weight is 492 g/mol. The van der Waals surface area contributed by atoms with Crippen LogP contribution in [0.1, 0.15) is 23.0 Å². The molecule has 0 amide bonds. The predicted molar refractivity (Wildman–Crippen MR) is 123 cm³/mol. The van der Waals surface area contributed by atoms with Crippen molar-refractivity contribution in [3.05, 3.63) is 91.3 Å². The van der Waals surface area contributed by atoms with E-state index in [1.54, 1.807) is 24.3 Å². The summed E-state index contributed by atoms with van der Waals surface area (Å²) in [5.74, 6) is 1.74. The Kier molecular flexibility index (Phi) is 4.88. The maximum Gasteiger partial charge on any atom is 0.291 e. The number of carbonyl (C=O) groups is 1. The van der Waals surface area contributed by atoms with Crippen LogP contribution < -0.4 is 10.1 Å². The molecule has 31 heavy (non-hydrogen) atoms. The molecule has 0 saturated heterocycles. The molecule has 0 spiro atoms. The highest BCUT2D eigenvalue weighted by molar-refractivity contribution is 9.10. The number of fused-ring (bicyclic) bond motifs is 1. The van der Waals surface area contributed by atoms with E-state index in [1.165, 1.54) is 22.8 Å². The Labute approximate surface area is 188 Å². The Balaban J connectivity index is 1.47. The summed E-state index contributed by atoms with van der Waals surface area (Å²) in [6, 6.07) is 18.5. The van der Waals surface area contributed by atoms with E-state index in [-0.39, 0.29) is 11.3 Å². The predicted octanol–water partition coefficient (Wildman–Crippen LogP) is 4.59. The number of nitrogens with zero attached hydrogens (tertiary/aromatic N) is 3. The van der Waals surface area contributed by atoms with Crippen LogP contribution in [-0.4, -0.2) is 20.4 Å². The van der Waals surface area contributed by atoms with Crippen molar-refractivity contribution < 1.29 is 9.21 Å². The second kappa shape index (κ2) is 7.72. The summed E-state index contributed by atoms with van der Waals surface area (Å²) in [6.45, 7) is 1.53. The molecule has 0 fully saturated rings. The van der Waals surface area contributed by atoms with E-state index in [1.807, 2.05) is 42.5 Å². The van der Waals surface area contributed by atoms with Gasteiger partial charge in [-0.3, -0.25) is 9.59 Å². The SMILES string of the molecule is CC(=O)c1ccc(-c2ccc(/C=c3\sc4nc(-c5ccc(Br)cc5)nn4c3=O)o2)cc1. The van der Waals surface area contributed by atoms with E-state index in [9.17, 15) is 9.59 Å². The van der Waals surface area contributed by atoms with E-state index >= 15 is 0 Å². The van der Waals surface area contributed by atoms with Crippen molar-refractivity contribution in [1.82, 2.24) is 14.6 Å². The largest absolute Gasteiger partial charge is 0.457 e. The Morgan fingerprint density at radius 1 is 1.03 bits per heavy atom. The molecule has 0 aliphatic heterocycles. The maximum atomic E-state index is 12.8. The van der Waals surface area contributed by atoms with Gasteiger partial charge in [-0.25, -0.2) is 0 Å². The van der Waals surface area contributed by atoms with Gasteiger partial charge < -0.3 is 4.42 Å². The third kappa shape index (κ3) is 3.75. The van der Waals surface area contributed by atoms with E-state index in [0.29, 0.717) is 32.4 Å². The van der Waals surface area contributed by atoms with Crippen LogP contribution in [-0.2, 0) is 0 Å². The van der Waals surface area contributed by atoms with Crippen molar-refractivity contribution in [3.8, 4) is 22.7 Å². The first-order valence-corrected chi connectivity index (χ1v) is 11.0. The summed E-state index contributed by atoms with van der Waals surface area (Å²) in [6.07, 6.45) is 1.69. The number of thiazole rings is 1. The van der Waals surface area contributed by atoms with Crippen LogP contribution in [0.4, 0.5) is 0 Å². The fourth-order valence-corrected chi connectivity index (χ4v) is 4.29. The first-order valence-electron chi connectivity index (χ1n) is 9.36. The third-order valence-corrected chi connectivity index (χ3v) is 6.25. The van der Waals surface area contributed by atoms with Gasteiger partial charge in [-0.1, -0.05) is 63.7 Å². The lowest BCUT2D eigenvalue weighted by Crippen LogP contribution is -2.23. The minimum absolute atomic E-state index is 0.0163. The molecule has 0 N–H and O–H groups in total. The molecule has 0 aliphatic carbocycles. The first kappa shape index (κ1) is 19.6. The van der Waals surface area contributed by atoms with Gasteiger partial charge in [0.2, 0.25) is 4.96 Å². The third-order valence-electron chi connectivity index (χ3n) is 4.76. The van der Waals surface area contributed by atoms with Crippen molar-refractivity contribution >= 4 is 44.1 Å². The zero-order valence-electron chi connectivity index (χ0n) is 16.2. The highest BCUT2D eigenvalue weighted by Crippen LogP contribution is 2.23. The fraction of sp³-hybridized carbons (Fsp3) is 0.0435. The molecule has 3 heterocycles. The number of carbonyl (C=O) groups excluding carboxylic acids is 1. The molecule has 0 saturated carbocycles. The topological polar surface area (TPSA) is 77.5 Å². The monoisotopic (exact) mass is 491 g/mol. The molecule has 0 radical (unpaired) electrons. The minimum atomic E-state index is -0.236. The van der Waals surface area contributed by atoms with Crippen LogP contribution >= 0.6 is 27.3 Å². The lowest BCUT2D eigenvalue weighted by Gasteiger charge is -1.98. The zero-order valence-corrected chi connectivity index (χ0v) is 18.6. The molecule has 5 rings (SSSR count). The van der Waals surface area contributed by atoms with Crippen LogP contribution in [0.5, 0.6) is 0 Å². The van der Waals surface area contributed by atoms with Gasteiger partial charge in [-0.05, 0) is 31.2 Å². The number of rotatable bonds is 4. The smallest absolute Gasteiger partial charge is 0.291 e. The average Bonchev–Trinajstić information content (AvgIpc) is 3.47. The number of hydrogen-bond donors (Lipinski definition) is 0. The molecular weight excluding hydrogens is 478 g/mol. The lowest BCUT2D eigenvalue weighted by molar-refractivity contribution is 0.101. The summed E-state index contributed by atoms with van der Waals surface area (Å²) in [7, 11) is 0. The molecule has 6 nitrogen and oxygen atoms in total. The minimum Gasteiger partial charge on any atom is -0.457 e. The number of aromatic nitrogens is 3. The van der Waals surface area contributed by atoms with Gasteiger partial charge in [-0.2, -0.15) is 9.50 Å². The summed E-state index contributed by atoms with van der Waals surface area (Å²) in [5, 5.41) is 4.36. The highest BCUT2D eigenvalue weighted by atomic mass is 79.9. The standard InChI is InChI=1S/C23H14BrN3O3S/c1-13(28)14-2-4-15(5-3-14)19-11-10-18(30-19)12-20-22(29)27-23(31-20)25-21(26-27)16-6-8-17(24)9-7-16/h2-12H,1H3/b20-12-. The fourth-order valence-electron chi connectivity index (χ4n) is 3.14. The van der Waals surface area contributed by atoms with Gasteiger partial charge >= 0.3 is 0 Å². The van der Waals surface area contributed by atoms with Crippen molar-refractivity contribution in [2.75, 3.05) is 0 Å². The highest BCUT2D eigenvalue weighted by Gasteiger charge is 2.13. The Bertz CT molecular complexity index is 1530. The van der Waals surface area contributed by atoms with Crippen LogP contribution in [0, 0.1) is 0 Å². The number of furan rings is 1. The van der Waals surface area contributed by atoms with Crippen molar-refractivity contribution in [1.29, 1.82) is 0 Å². The molecule has 2 aromatic carbocycles. The van der Waals surface area contributed by atoms with Gasteiger partial charge in [-0.15, -0.1) is 5.10 Å². The van der Waals surface area contributed by atoms with Crippen LogP contribution in [0.2, 0.25) is 0 Å². The van der Waals surface area contributed by atoms with Crippen molar-refractivity contribution in [2.24, 2.45) is 0 Å². The number of Topliss-reactive ketones (excluding diaryl/α,β-unsaturated/α-hetero) is 1. The van der Waals surface area contributed by atoms with Crippen LogP contribution in [0.15, 0.2) is 74.3 Å². The zero-order chi connectivity index (χ0) is 21.5. The molecule has 0 aliphatic rings. The maximum absolute atomic E-state index is 12.8.